The summed E-state index contributed by atoms with van der Waals surface area (Å²) in [6, 6.07) is 2.87. The molecule has 0 aromatic carbocycles. The molecule has 2 nitrogen and oxygen atoms in total. The van der Waals surface area contributed by atoms with Crippen LogP contribution in [-0.4, -0.2) is 12.7 Å². The second kappa shape index (κ2) is 12.5. The van der Waals surface area contributed by atoms with Gasteiger partial charge < -0.3 is 4.74 Å². The van der Waals surface area contributed by atoms with Crippen molar-refractivity contribution in [3.63, 3.8) is 0 Å². The smallest absolute Gasteiger partial charge is 0.0692 e. The van der Waals surface area contributed by atoms with Crippen LogP contribution in [0, 0.1) is 40.4 Å². The minimum Gasteiger partial charge on any atom is -0.378 e. The molecule has 0 spiro atoms. The van der Waals surface area contributed by atoms with Crippen LogP contribution >= 0.6 is 0 Å². The van der Waals surface area contributed by atoms with Crippen LogP contribution in [0.15, 0.2) is 0 Å². The molecule has 0 aromatic heterocycles. The van der Waals surface area contributed by atoms with Gasteiger partial charge in [0.15, 0.2) is 0 Å². The summed E-state index contributed by atoms with van der Waals surface area (Å²) < 4.78 is 5.99. The second-order valence-corrected chi connectivity index (χ2v) is 11.1. The highest BCUT2D eigenvalue weighted by atomic mass is 16.5. The Kier molecular flexibility index (Phi) is 10.0. The van der Waals surface area contributed by atoms with Crippen LogP contribution < -0.4 is 0 Å². The molecule has 3 aliphatic rings. The van der Waals surface area contributed by atoms with Gasteiger partial charge in [0.1, 0.15) is 0 Å². The van der Waals surface area contributed by atoms with E-state index in [-0.39, 0.29) is 5.41 Å². The van der Waals surface area contributed by atoms with Crippen molar-refractivity contribution >= 4 is 0 Å². The van der Waals surface area contributed by atoms with Crippen molar-refractivity contribution in [2.75, 3.05) is 6.61 Å². The molecule has 0 radical (unpaired) electrons. The van der Waals surface area contributed by atoms with E-state index < -0.39 is 0 Å². The normalized spacial score (nSPS) is 37.6. The summed E-state index contributed by atoms with van der Waals surface area (Å²) in [6.07, 6.45) is 24.5. The van der Waals surface area contributed by atoms with Crippen LogP contribution in [0.5, 0.6) is 0 Å². The Bertz CT molecular complexity index is 499. The van der Waals surface area contributed by atoms with E-state index in [1.807, 2.05) is 0 Å². The Hall–Kier alpha value is -0.550. The van der Waals surface area contributed by atoms with E-state index in [9.17, 15) is 5.26 Å². The Morgan fingerprint density at radius 3 is 2.03 bits per heavy atom. The average Bonchev–Trinajstić information content (AvgIpc) is 2.81. The number of ether oxygens (including phenoxy) is 1. The van der Waals surface area contributed by atoms with Gasteiger partial charge in [-0.2, -0.15) is 5.26 Å². The van der Waals surface area contributed by atoms with Crippen LogP contribution in [0.4, 0.5) is 0 Å². The molecule has 0 bridgehead atoms. The number of unbranched alkanes of at least 4 members (excludes halogenated alkanes) is 3. The first-order valence-corrected chi connectivity index (χ1v) is 13.7. The molecule has 3 fully saturated rings. The lowest BCUT2D eigenvalue weighted by Crippen LogP contribution is -2.38. The maximum Gasteiger partial charge on any atom is 0.0692 e. The van der Waals surface area contributed by atoms with Crippen molar-refractivity contribution in [3.05, 3.63) is 0 Å². The van der Waals surface area contributed by atoms with E-state index >= 15 is 0 Å². The molecule has 0 heterocycles. The molecule has 0 atom stereocenters. The lowest BCUT2D eigenvalue weighted by molar-refractivity contribution is -0.00696. The van der Waals surface area contributed by atoms with Crippen molar-refractivity contribution in [1.82, 2.24) is 0 Å². The van der Waals surface area contributed by atoms with E-state index in [0.29, 0.717) is 12.0 Å². The highest BCUT2D eigenvalue weighted by Gasteiger charge is 2.44. The quantitative estimate of drug-likeness (QED) is 0.335. The van der Waals surface area contributed by atoms with Crippen molar-refractivity contribution < 1.29 is 4.74 Å². The summed E-state index contributed by atoms with van der Waals surface area (Å²) in [6.45, 7) is 5.40. The van der Waals surface area contributed by atoms with Gasteiger partial charge in [-0.05, 0) is 94.3 Å². The molecular weight excluding hydrogens is 366 g/mol. The van der Waals surface area contributed by atoms with Gasteiger partial charge in [-0.15, -0.1) is 0 Å². The molecule has 0 amide bonds. The predicted octanol–water partition coefficient (Wildman–Crippen LogP) is 8.45. The Morgan fingerprint density at radius 1 is 0.767 bits per heavy atom. The lowest BCUT2D eigenvalue weighted by atomic mass is 9.58. The molecule has 0 N–H and O–H groups in total. The molecule has 0 saturated heterocycles. The zero-order valence-electron chi connectivity index (χ0n) is 20.2. The Balaban J connectivity index is 1.39. The van der Waals surface area contributed by atoms with Crippen LogP contribution in [0.25, 0.3) is 0 Å². The SMILES string of the molecule is CCCCCCC1CCC(C2CCC(C#N)(C3CCC(OCCC)CC3)CC2)CC1. The molecule has 172 valence electrons. The minimum absolute atomic E-state index is 0.0112. The zero-order valence-corrected chi connectivity index (χ0v) is 20.2. The molecule has 0 aromatic rings. The highest BCUT2D eigenvalue weighted by molar-refractivity contribution is 5.06. The van der Waals surface area contributed by atoms with Gasteiger partial charge in [0.25, 0.3) is 0 Å². The summed E-state index contributed by atoms with van der Waals surface area (Å²) in [5.41, 5.74) is -0.0112. The van der Waals surface area contributed by atoms with Crippen LogP contribution in [0.2, 0.25) is 0 Å². The van der Waals surface area contributed by atoms with Crippen LogP contribution in [0.3, 0.4) is 0 Å². The number of hydrogen-bond acceptors (Lipinski definition) is 2. The molecule has 0 aliphatic heterocycles. The number of nitrogens with zero attached hydrogens (tertiary/aromatic N) is 1. The maximum absolute atomic E-state index is 10.2. The van der Waals surface area contributed by atoms with Gasteiger partial charge in [-0.1, -0.05) is 58.8 Å². The van der Waals surface area contributed by atoms with Gasteiger partial charge in [-0.25, -0.2) is 0 Å². The topological polar surface area (TPSA) is 33.0 Å². The molecule has 3 rings (SSSR count). The Morgan fingerprint density at radius 2 is 1.43 bits per heavy atom. The van der Waals surface area contributed by atoms with Crippen molar-refractivity contribution in [2.45, 2.75) is 136 Å². The second-order valence-electron chi connectivity index (χ2n) is 11.1. The lowest BCUT2D eigenvalue weighted by Gasteiger charge is -2.45. The molecule has 30 heavy (non-hydrogen) atoms. The molecule has 3 aliphatic carbocycles. The van der Waals surface area contributed by atoms with E-state index in [0.717, 1.165) is 30.8 Å². The third kappa shape index (κ3) is 6.48. The fraction of sp³-hybridized carbons (Fsp3) is 0.964. The molecule has 3 saturated carbocycles. The first-order chi connectivity index (χ1) is 14.7. The van der Waals surface area contributed by atoms with E-state index in [4.69, 9.17) is 4.74 Å². The van der Waals surface area contributed by atoms with Gasteiger partial charge in [-0.3, -0.25) is 0 Å². The number of rotatable bonds is 10. The first-order valence-electron chi connectivity index (χ1n) is 13.7. The molecule has 2 heteroatoms. The maximum atomic E-state index is 10.2. The summed E-state index contributed by atoms with van der Waals surface area (Å²) in [4.78, 5) is 0. The van der Waals surface area contributed by atoms with Gasteiger partial charge in [0, 0.05) is 6.61 Å². The largest absolute Gasteiger partial charge is 0.378 e. The van der Waals surface area contributed by atoms with Gasteiger partial charge >= 0.3 is 0 Å². The molecular formula is C28H49NO. The summed E-state index contributed by atoms with van der Waals surface area (Å²) >= 11 is 0. The first kappa shape index (κ1) is 24.1. The summed E-state index contributed by atoms with van der Waals surface area (Å²) in [5.74, 6) is 3.53. The monoisotopic (exact) mass is 415 g/mol. The van der Waals surface area contributed by atoms with Crippen molar-refractivity contribution in [3.8, 4) is 6.07 Å². The van der Waals surface area contributed by atoms with Crippen molar-refractivity contribution in [2.24, 2.45) is 29.1 Å². The van der Waals surface area contributed by atoms with E-state index in [2.05, 4.69) is 19.9 Å². The fourth-order valence-electron chi connectivity index (χ4n) is 7.11. The van der Waals surface area contributed by atoms with Gasteiger partial charge in [0.2, 0.25) is 0 Å². The third-order valence-corrected chi connectivity index (χ3v) is 9.18. The van der Waals surface area contributed by atoms with Crippen LogP contribution in [-0.2, 0) is 4.74 Å². The average molecular weight is 416 g/mol. The molecule has 0 unspecified atom stereocenters. The minimum atomic E-state index is -0.0112. The Labute approximate surface area is 187 Å². The van der Waals surface area contributed by atoms with Gasteiger partial charge in [0.05, 0.1) is 17.6 Å². The zero-order chi connectivity index (χ0) is 21.2. The van der Waals surface area contributed by atoms with Crippen LogP contribution in [0.1, 0.15) is 129 Å². The van der Waals surface area contributed by atoms with E-state index in [1.54, 1.807) is 0 Å². The number of nitriles is 1. The predicted molar refractivity (Wildman–Crippen MR) is 126 cm³/mol. The fourth-order valence-corrected chi connectivity index (χ4v) is 7.11. The van der Waals surface area contributed by atoms with E-state index in [1.165, 1.54) is 109 Å². The third-order valence-electron chi connectivity index (χ3n) is 9.18. The summed E-state index contributed by atoms with van der Waals surface area (Å²) in [5, 5.41) is 10.2. The van der Waals surface area contributed by atoms with Crippen molar-refractivity contribution in [1.29, 1.82) is 5.26 Å². The summed E-state index contributed by atoms with van der Waals surface area (Å²) in [7, 11) is 0. The standard InChI is InChI=1S/C28H49NO/c1-3-5-6-7-8-23-9-11-24(12-10-23)25-17-19-28(22-29,20-18-25)26-13-15-27(16-14-26)30-21-4-2/h23-27H,3-21H2,1-2H3. The number of hydrogen-bond donors (Lipinski definition) is 0. The highest BCUT2D eigenvalue weighted by Crippen LogP contribution is 2.52.